The summed E-state index contributed by atoms with van der Waals surface area (Å²) < 4.78 is 2.49. The number of imidazole rings is 1. The standard InChI is InChI=1S/C16H23N3/c1-3-15-18-13-11-12(17)7-8-14(13)19(15)16(2)9-5-4-6-10-16/h7-8,11H,3-6,9-10,17H2,1-2H3. The molecule has 1 aromatic carbocycles. The van der Waals surface area contributed by atoms with Gasteiger partial charge in [0.1, 0.15) is 5.82 Å². The summed E-state index contributed by atoms with van der Waals surface area (Å²) in [5.41, 5.74) is 9.21. The Hall–Kier alpha value is -1.51. The normalized spacial score (nSPS) is 18.8. The number of aryl methyl sites for hydroxylation is 1. The van der Waals surface area contributed by atoms with Crippen molar-refractivity contribution in [1.82, 2.24) is 9.55 Å². The number of benzene rings is 1. The van der Waals surface area contributed by atoms with Crippen LogP contribution in [0.25, 0.3) is 11.0 Å². The van der Waals surface area contributed by atoms with Gasteiger partial charge in [-0.1, -0.05) is 26.2 Å². The number of rotatable bonds is 2. The van der Waals surface area contributed by atoms with E-state index in [9.17, 15) is 0 Å². The van der Waals surface area contributed by atoms with Gasteiger partial charge in [0.2, 0.25) is 0 Å². The molecular weight excluding hydrogens is 234 g/mol. The average molecular weight is 257 g/mol. The molecule has 0 radical (unpaired) electrons. The molecule has 0 amide bonds. The van der Waals surface area contributed by atoms with E-state index in [0.29, 0.717) is 0 Å². The molecule has 3 heteroatoms. The Morgan fingerprint density at radius 1 is 1.26 bits per heavy atom. The molecule has 102 valence electrons. The Labute approximate surface area is 114 Å². The Morgan fingerprint density at radius 2 is 2.00 bits per heavy atom. The second-order valence-corrected chi connectivity index (χ2v) is 6.02. The predicted molar refractivity (Wildman–Crippen MR) is 80.3 cm³/mol. The maximum absolute atomic E-state index is 5.89. The summed E-state index contributed by atoms with van der Waals surface area (Å²) in [7, 11) is 0. The van der Waals surface area contributed by atoms with Crippen LogP contribution in [0.1, 0.15) is 51.8 Å². The van der Waals surface area contributed by atoms with Gasteiger partial charge in [-0.2, -0.15) is 0 Å². The van der Waals surface area contributed by atoms with Gasteiger partial charge in [0, 0.05) is 17.6 Å². The lowest BCUT2D eigenvalue weighted by molar-refractivity contribution is 0.219. The maximum atomic E-state index is 5.89. The van der Waals surface area contributed by atoms with Crippen LogP contribution in [-0.2, 0) is 12.0 Å². The number of hydrogen-bond acceptors (Lipinski definition) is 2. The number of anilines is 1. The highest BCUT2D eigenvalue weighted by molar-refractivity contribution is 5.80. The fourth-order valence-electron chi connectivity index (χ4n) is 3.52. The Bertz CT molecular complexity index is 591. The number of fused-ring (bicyclic) bond motifs is 1. The molecule has 0 aliphatic heterocycles. The highest BCUT2D eigenvalue weighted by atomic mass is 15.1. The average Bonchev–Trinajstić information content (AvgIpc) is 2.77. The monoisotopic (exact) mass is 257 g/mol. The lowest BCUT2D eigenvalue weighted by Gasteiger charge is -2.37. The second-order valence-electron chi connectivity index (χ2n) is 6.02. The fourth-order valence-corrected chi connectivity index (χ4v) is 3.52. The van der Waals surface area contributed by atoms with Gasteiger partial charge in [0.25, 0.3) is 0 Å². The summed E-state index contributed by atoms with van der Waals surface area (Å²) in [5.74, 6) is 1.20. The molecule has 1 aliphatic carbocycles. The summed E-state index contributed by atoms with van der Waals surface area (Å²) in [6.45, 7) is 4.58. The van der Waals surface area contributed by atoms with Gasteiger partial charge in [-0.05, 0) is 38.0 Å². The number of nitrogens with two attached hydrogens (primary N) is 1. The van der Waals surface area contributed by atoms with Crippen LogP contribution in [0.15, 0.2) is 18.2 Å². The molecule has 1 saturated carbocycles. The molecule has 3 nitrogen and oxygen atoms in total. The molecule has 0 spiro atoms. The molecule has 1 aliphatic rings. The van der Waals surface area contributed by atoms with Crippen LogP contribution in [0.2, 0.25) is 0 Å². The van der Waals surface area contributed by atoms with Crippen molar-refractivity contribution in [2.75, 3.05) is 5.73 Å². The predicted octanol–water partition coefficient (Wildman–Crippen LogP) is 3.86. The Kier molecular flexibility index (Phi) is 3.00. The van der Waals surface area contributed by atoms with Crippen molar-refractivity contribution >= 4 is 16.7 Å². The van der Waals surface area contributed by atoms with Crippen LogP contribution in [0.5, 0.6) is 0 Å². The van der Waals surface area contributed by atoms with E-state index in [4.69, 9.17) is 10.7 Å². The first-order valence-corrected chi connectivity index (χ1v) is 7.41. The highest BCUT2D eigenvalue weighted by Crippen LogP contribution is 2.38. The Morgan fingerprint density at radius 3 is 2.68 bits per heavy atom. The molecule has 2 N–H and O–H groups in total. The quantitative estimate of drug-likeness (QED) is 0.830. The van der Waals surface area contributed by atoms with Crippen LogP contribution >= 0.6 is 0 Å². The van der Waals surface area contributed by atoms with E-state index < -0.39 is 0 Å². The van der Waals surface area contributed by atoms with Gasteiger partial charge in [0.15, 0.2) is 0 Å². The van der Waals surface area contributed by atoms with Crippen LogP contribution < -0.4 is 5.73 Å². The molecule has 0 atom stereocenters. The molecule has 0 bridgehead atoms. The van der Waals surface area contributed by atoms with Crippen molar-refractivity contribution in [3.05, 3.63) is 24.0 Å². The van der Waals surface area contributed by atoms with Crippen molar-refractivity contribution in [3.63, 3.8) is 0 Å². The zero-order valence-electron chi connectivity index (χ0n) is 11.9. The Balaban J connectivity index is 2.20. The van der Waals surface area contributed by atoms with E-state index in [0.717, 1.165) is 17.6 Å². The van der Waals surface area contributed by atoms with Crippen LogP contribution in [0, 0.1) is 0 Å². The molecule has 1 heterocycles. The zero-order valence-corrected chi connectivity index (χ0v) is 11.9. The molecule has 1 fully saturated rings. The van der Waals surface area contributed by atoms with E-state index in [2.05, 4.69) is 24.5 Å². The molecule has 3 rings (SSSR count). The molecule has 19 heavy (non-hydrogen) atoms. The van der Waals surface area contributed by atoms with Gasteiger partial charge >= 0.3 is 0 Å². The minimum absolute atomic E-state index is 0.231. The van der Waals surface area contributed by atoms with Crippen LogP contribution in [0.4, 0.5) is 5.69 Å². The summed E-state index contributed by atoms with van der Waals surface area (Å²) in [4.78, 5) is 4.80. The number of nitrogens with zero attached hydrogens (tertiary/aromatic N) is 2. The molecule has 1 aromatic heterocycles. The highest BCUT2D eigenvalue weighted by Gasteiger charge is 2.31. The largest absolute Gasteiger partial charge is 0.399 e. The first kappa shape index (κ1) is 12.5. The van der Waals surface area contributed by atoms with Crippen molar-refractivity contribution in [2.24, 2.45) is 0 Å². The number of aromatic nitrogens is 2. The minimum Gasteiger partial charge on any atom is -0.399 e. The van der Waals surface area contributed by atoms with E-state index in [-0.39, 0.29) is 5.54 Å². The number of hydrogen-bond donors (Lipinski definition) is 1. The molecule has 0 unspecified atom stereocenters. The van der Waals surface area contributed by atoms with Gasteiger partial charge in [-0.3, -0.25) is 0 Å². The van der Waals surface area contributed by atoms with Crippen molar-refractivity contribution < 1.29 is 0 Å². The SMILES string of the molecule is CCc1nc2cc(N)ccc2n1C1(C)CCCCC1. The van der Waals surface area contributed by atoms with E-state index >= 15 is 0 Å². The third kappa shape index (κ3) is 2.01. The first-order chi connectivity index (χ1) is 9.14. The second kappa shape index (κ2) is 4.55. The van der Waals surface area contributed by atoms with E-state index in [1.807, 2.05) is 12.1 Å². The molecule has 0 saturated heterocycles. The number of nitrogen functional groups attached to an aromatic ring is 1. The minimum atomic E-state index is 0.231. The van der Waals surface area contributed by atoms with Gasteiger partial charge < -0.3 is 10.3 Å². The van der Waals surface area contributed by atoms with Crippen LogP contribution in [0.3, 0.4) is 0 Å². The van der Waals surface area contributed by atoms with E-state index in [1.165, 1.54) is 43.4 Å². The topological polar surface area (TPSA) is 43.8 Å². The van der Waals surface area contributed by atoms with Crippen LogP contribution in [-0.4, -0.2) is 9.55 Å². The summed E-state index contributed by atoms with van der Waals surface area (Å²) in [6, 6.07) is 6.13. The fraction of sp³-hybridized carbons (Fsp3) is 0.562. The van der Waals surface area contributed by atoms with Gasteiger partial charge in [0.05, 0.1) is 11.0 Å². The molecule has 2 aromatic rings. The van der Waals surface area contributed by atoms with Crippen molar-refractivity contribution in [2.45, 2.75) is 57.9 Å². The van der Waals surface area contributed by atoms with Gasteiger partial charge in [-0.15, -0.1) is 0 Å². The maximum Gasteiger partial charge on any atom is 0.110 e. The lowest BCUT2D eigenvalue weighted by atomic mass is 9.82. The summed E-state index contributed by atoms with van der Waals surface area (Å²) in [6.07, 6.45) is 7.52. The zero-order chi connectivity index (χ0) is 13.5. The van der Waals surface area contributed by atoms with Crippen molar-refractivity contribution in [1.29, 1.82) is 0 Å². The lowest BCUT2D eigenvalue weighted by Crippen LogP contribution is -2.33. The first-order valence-electron chi connectivity index (χ1n) is 7.41. The summed E-state index contributed by atoms with van der Waals surface area (Å²) in [5, 5.41) is 0. The third-order valence-electron chi connectivity index (χ3n) is 4.53. The smallest absolute Gasteiger partial charge is 0.110 e. The van der Waals surface area contributed by atoms with E-state index in [1.54, 1.807) is 0 Å². The molecular formula is C16H23N3. The van der Waals surface area contributed by atoms with Gasteiger partial charge in [-0.25, -0.2) is 4.98 Å². The third-order valence-corrected chi connectivity index (χ3v) is 4.53. The van der Waals surface area contributed by atoms with Crippen molar-refractivity contribution in [3.8, 4) is 0 Å². The summed E-state index contributed by atoms with van der Waals surface area (Å²) >= 11 is 0.